The van der Waals surface area contributed by atoms with E-state index in [1.54, 1.807) is 0 Å². The molecule has 33 heavy (non-hydrogen) atoms. The predicted octanol–water partition coefficient (Wildman–Crippen LogP) is -0.152. The molecule has 1 saturated heterocycles. The Balaban J connectivity index is 1.89. The summed E-state index contributed by atoms with van der Waals surface area (Å²) in [5.41, 5.74) is -1.01. The van der Waals surface area contributed by atoms with Crippen molar-refractivity contribution in [1.82, 2.24) is 0 Å². The van der Waals surface area contributed by atoms with Crippen LogP contribution in [0.15, 0.2) is 45.6 Å². The van der Waals surface area contributed by atoms with Gasteiger partial charge in [0.05, 0.1) is 0 Å². The number of carboxylic acid groups (broad SMARTS) is 1. The molecule has 1 aromatic heterocycles. The van der Waals surface area contributed by atoms with Gasteiger partial charge < -0.3 is 49.6 Å². The quantitative estimate of drug-likeness (QED) is 0.270. The molecule has 5 atom stereocenters. The fraction of sp³-hybridized carbons (Fsp3) is 0.238. The summed E-state index contributed by atoms with van der Waals surface area (Å²) in [5.74, 6) is -3.72. The average molecular weight is 462 g/mol. The van der Waals surface area contributed by atoms with Crippen molar-refractivity contribution < 1.29 is 54.4 Å². The van der Waals surface area contributed by atoms with Crippen LogP contribution in [0.4, 0.5) is 0 Å². The maximum absolute atomic E-state index is 13.2. The van der Waals surface area contributed by atoms with Gasteiger partial charge in [0.1, 0.15) is 46.5 Å². The van der Waals surface area contributed by atoms with Crippen LogP contribution >= 0.6 is 0 Å². The lowest BCUT2D eigenvalue weighted by Gasteiger charge is -2.38. The Bertz CT molecular complexity index is 1260. The third-order valence-electron chi connectivity index (χ3n) is 5.09. The smallest absolute Gasteiger partial charge is 0.335 e. The van der Waals surface area contributed by atoms with E-state index in [9.17, 15) is 45.3 Å². The lowest BCUT2D eigenvalue weighted by Crippen LogP contribution is -2.61. The van der Waals surface area contributed by atoms with Gasteiger partial charge in [0.2, 0.25) is 17.5 Å². The van der Waals surface area contributed by atoms with Crippen LogP contribution in [0.5, 0.6) is 23.0 Å². The summed E-state index contributed by atoms with van der Waals surface area (Å²) in [6.07, 6.45) is -9.84. The normalized spacial score (nSPS) is 25.1. The predicted molar refractivity (Wildman–Crippen MR) is 108 cm³/mol. The molecule has 2 heterocycles. The number of phenolic OH excluding ortho intramolecular Hbond substituents is 3. The Kier molecular flexibility index (Phi) is 5.59. The molecule has 0 unspecified atom stereocenters. The zero-order valence-electron chi connectivity index (χ0n) is 16.5. The summed E-state index contributed by atoms with van der Waals surface area (Å²) in [6.45, 7) is 0. The minimum Gasteiger partial charge on any atom is -0.508 e. The molecular formula is C21H18O12. The van der Waals surface area contributed by atoms with Gasteiger partial charge in [-0.2, -0.15) is 0 Å². The molecule has 2 aromatic carbocycles. The third kappa shape index (κ3) is 3.91. The Morgan fingerprint density at radius 1 is 0.909 bits per heavy atom. The highest BCUT2D eigenvalue weighted by molar-refractivity contribution is 5.88. The fourth-order valence-electron chi connectivity index (χ4n) is 3.44. The molecule has 0 aliphatic carbocycles. The average Bonchev–Trinajstić information content (AvgIpc) is 2.75. The second kappa shape index (κ2) is 8.26. The van der Waals surface area contributed by atoms with Crippen molar-refractivity contribution >= 4 is 16.9 Å². The fourth-order valence-corrected chi connectivity index (χ4v) is 3.44. The van der Waals surface area contributed by atoms with E-state index in [-0.39, 0.29) is 22.7 Å². The van der Waals surface area contributed by atoms with Gasteiger partial charge in [-0.05, 0) is 24.3 Å². The first-order valence-electron chi connectivity index (χ1n) is 9.49. The number of benzene rings is 2. The van der Waals surface area contributed by atoms with Gasteiger partial charge in [0.15, 0.2) is 11.9 Å². The number of carboxylic acids is 1. The van der Waals surface area contributed by atoms with Gasteiger partial charge in [-0.25, -0.2) is 4.79 Å². The number of rotatable bonds is 4. The largest absolute Gasteiger partial charge is 0.508 e. The van der Waals surface area contributed by atoms with Crippen LogP contribution in [0.2, 0.25) is 0 Å². The number of fused-ring (bicyclic) bond motifs is 1. The molecule has 4 rings (SSSR count). The Morgan fingerprint density at radius 2 is 1.58 bits per heavy atom. The van der Waals surface area contributed by atoms with E-state index in [2.05, 4.69) is 0 Å². The zero-order valence-corrected chi connectivity index (χ0v) is 16.5. The maximum Gasteiger partial charge on any atom is 0.335 e. The number of aliphatic carboxylic acids is 1. The number of aliphatic hydroxyl groups excluding tert-OH is 3. The summed E-state index contributed by atoms with van der Waals surface area (Å²) in [4.78, 5) is 24.6. The number of hydrogen-bond acceptors (Lipinski definition) is 11. The van der Waals surface area contributed by atoms with Crippen LogP contribution in [0.1, 0.15) is 0 Å². The van der Waals surface area contributed by atoms with Crippen LogP contribution in [-0.2, 0) is 9.53 Å². The number of hydrogen-bond donors (Lipinski definition) is 7. The first kappa shape index (κ1) is 22.4. The minimum absolute atomic E-state index is 0.105. The highest BCUT2D eigenvalue weighted by atomic mass is 16.7. The molecule has 7 N–H and O–H groups in total. The lowest BCUT2D eigenvalue weighted by atomic mass is 9.99. The molecular weight excluding hydrogens is 444 g/mol. The summed E-state index contributed by atoms with van der Waals surface area (Å²) >= 11 is 0. The lowest BCUT2D eigenvalue weighted by molar-refractivity contribution is -0.271. The maximum atomic E-state index is 13.2. The number of ether oxygens (including phenoxy) is 2. The van der Waals surface area contributed by atoms with Crippen molar-refractivity contribution in [3.63, 3.8) is 0 Å². The highest BCUT2D eigenvalue weighted by Gasteiger charge is 2.48. The van der Waals surface area contributed by atoms with Crippen LogP contribution in [0.3, 0.4) is 0 Å². The van der Waals surface area contributed by atoms with Crippen LogP contribution in [-0.4, -0.2) is 72.4 Å². The number of carbonyl (C=O) groups is 1. The van der Waals surface area contributed by atoms with E-state index in [4.69, 9.17) is 13.9 Å². The van der Waals surface area contributed by atoms with Gasteiger partial charge in [-0.1, -0.05) is 0 Å². The van der Waals surface area contributed by atoms with Crippen molar-refractivity contribution in [2.45, 2.75) is 30.7 Å². The van der Waals surface area contributed by atoms with Gasteiger partial charge in [0, 0.05) is 17.7 Å². The number of aromatic hydroxyl groups is 3. The van der Waals surface area contributed by atoms with E-state index in [1.165, 1.54) is 24.3 Å². The van der Waals surface area contributed by atoms with Crippen molar-refractivity contribution in [3.05, 3.63) is 46.6 Å². The SMILES string of the molecule is O=C(O)[C@H]1O[C@H](Oc2c(-c3ccc(O)cc3)oc3cc(O)cc(O)c3c2=O)[C@H](O)[C@@H](O)[C@H]1O. The van der Waals surface area contributed by atoms with Gasteiger partial charge in [-0.3, -0.25) is 4.79 Å². The first-order chi connectivity index (χ1) is 15.6. The van der Waals surface area contributed by atoms with Gasteiger partial charge >= 0.3 is 5.97 Å². The van der Waals surface area contributed by atoms with Crippen molar-refractivity contribution in [1.29, 1.82) is 0 Å². The van der Waals surface area contributed by atoms with Gasteiger partial charge in [0.25, 0.3) is 0 Å². The molecule has 3 aromatic rings. The van der Waals surface area contributed by atoms with E-state index >= 15 is 0 Å². The molecule has 0 radical (unpaired) electrons. The highest BCUT2D eigenvalue weighted by Crippen LogP contribution is 2.37. The van der Waals surface area contributed by atoms with Crippen molar-refractivity contribution in [2.24, 2.45) is 0 Å². The van der Waals surface area contributed by atoms with E-state index in [0.717, 1.165) is 12.1 Å². The van der Waals surface area contributed by atoms with E-state index < -0.39 is 64.7 Å². The molecule has 1 fully saturated rings. The molecule has 12 nitrogen and oxygen atoms in total. The molecule has 174 valence electrons. The standard InChI is InChI=1S/C21H18O12/c22-8-3-1-7(2-4-8)17-18(13(25)12-10(24)5-9(23)6-11(12)31-17)32-21-16(28)14(26)15(27)19(33-21)20(29)30/h1-6,14-16,19,21-24,26-28H,(H,29,30)/t14-,15+,16+,19-,21-/m0/s1. The molecule has 0 amide bonds. The Hall–Kier alpha value is -3.84. The van der Waals surface area contributed by atoms with Gasteiger partial charge in [-0.15, -0.1) is 0 Å². The number of aliphatic hydroxyl groups is 3. The second-order valence-electron chi connectivity index (χ2n) is 7.33. The first-order valence-corrected chi connectivity index (χ1v) is 9.49. The van der Waals surface area contributed by atoms with Crippen molar-refractivity contribution in [2.75, 3.05) is 0 Å². The summed E-state index contributed by atoms with van der Waals surface area (Å²) < 4.78 is 16.2. The summed E-state index contributed by atoms with van der Waals surface area (Å²) in [7, 11) is 0. The van der Waals surface area contributed by atoms with E-state index in [0.29, 0.717) is 0 Å². The van der Waals surface area contributed by atoms with E-state index in [1.807, 2.05) is 0 Å². The Morgan fingerprint density at radius 3 is 2.21 bits per heavy atom. The molecule has 1 aliphatic heterocycles. The summed E-state index contributed by atoms with van der Waals surface area (Å²) in [5, 5.41) is 68.4. The number of phenols is 3. The Labute approximate surface area is 183 Å². The molecule has 0 saturated carbocycles. The molecule has 12 heteroatoms. The molecule has 0 spiro atoms. The monoisotopic (exact) mass is 462 g/mol. The molecule has 1 aliphatic rings. The second-order valence-corrected chi connectivity index (χ2v) is 7.33. The van der Waals surface area contributed by atoms with Crippen LogP contribution < -0.4 is 10.2 Å². The van der Waals surface area contributed by atoms with Crippen LogP contribution in [0, 0.1) is 0 Å². The minimum atomic E-state index is -1.99. The topological polar surface area (TPSA) is 207 Å². The zero-order chi connectivity index (χ0) is 24.0. The van der Waals surface area contributed by atoms with Crippen LogP contribution in [0.25, 0.3) is 22.3 Å². The molecule has 0 bridgehead atoms. The third-order valence-corrected chi connectivity index (χ3v) is 5.09. The summed E-state index contributed by atoms with van der Waals surface area (Å²) in [6, 6.07) is 7.20. The van der Waals surface area contributed by atoms with Crippen molar-refractivity contribution in [3.8, 4) is 34.3 Å².